The molecule has 118 valence electrons. The van der Waals surface area contributed by atoms with Crippen molar-refractivity contribution in [2.24, 2.45) is 0 Å². The molecular weight excluding hydrogens is 240 g/mol. The van der Waals surface area contributed by atoms with Crippen LogP contribution in [0, 0.1) is 0 Å². The first-order valence-electron chi connectivity index (χ1n) is 8.10. The second-order valence-electron chi connectivity index (χ2n) is 4.74. The second kappa shape index (κ2) is 20.2. The van der Waals surface area contributed by atoms with E-state index in [9.17, 15) is 0 Å². The largest absolute Gasteiger partial charge is 0.396 e. The molecule has 0 heterocycles. The van der Waals surface area contributed by atoms with Gasteiger partial charge in [0.05, 0.1) is 0 Å². The van der Waals surface area contributed by atoms with Gasteiger partial charge in [-0.2, -0.15) is 0 Å². The van der Waals surface area contributed by atoms with Gasteiger partial charge in [0, 0.05) is 19.8 Å². The van der Waals surface area contributed by atoms with Crippen molar-refractivity contribution in [1.29, 1.82) is 0 Å². The van der Waals surface area contributed by atoms with Crippen LogP contribution in [0.15, 0.2) is 0 Å². The van der Waals surface area contributed by atoms with Crippen LogP contribution < -0.4 is 0 Å². The lowest BCUT2D eigenvalue weighted by atomic mass is 10.3. The first kappa shape index (κ1) is 21.2. The van der Waals surface area contributed by atoms with E-state index in [0.29, 0.717) is 6.61 Å². The molecule has 0 rings (SSSR count). The molecule has 0 saturated heterocycles. The van der Waals surface area contributed by atoms with Gasteiger partial charge in [0.25, 0.3) is 0 Å². The summed E-state index contributed by atoms with van der Waals surface area (Å²) in [6.45, 7) is 10.6. The summed E-state index contributed by atoms with van der Waals surface area (Å²) in [7, 11) is 0. The number of rotatable bonds is 12. The third-order valence-corrected chi connectivity index (χ3v) is 2.64. The summed E-state index contributed by atoms with van der Waals surface area (Å²) in [5.74, 6) is 0. The number of aliphatic hydroxyl groups excluding tert-OH is 1. The maximum absolute atomic E-state index is 8.07. The Hall–Kier alpha value is -0.120. The van der Waals surface area contributed by atoms with Crippen LogP contribution in [0.25, 0.3) is 0 Å². The Morgan fingerprint density at radius 1 is 0.737 bits per heavy atom. The molecule has 0 aliphatic carbocycles. The SMILES string of the molecule is CCCCO.CCCCOC(CCC)OCCCC. The van der Waals surface area contributed by atoms with Gasteiger partial charge >= 0.3 is 0 Å². The highest BCUT2D eigenvalue weighted by molar-refractivity contribution is 4.45. The summed E-state index contributed by atoms with van der Waals surface area (Å²) in [4.78, 5) is 0. The van der Waals surface area contributed by atoms with Crippen LogP contribution in [0.2, 0.25) is 0 Å². The summed E-state index contributed by atoms with van der Waals surface area (Å²) >= 11 is 0. The number of unbranched alkanes of at least 4 members (excludes halogenated alkanes) is 3. The van der Waals surface area contributed by atoms with Crippen molar-refractivity contribution >= 4 is 0 Å². The highest BCUT2D eigenvalue weighted by atomic mass is 16.7. The predicted molar refractivity (Wildman–Crippen MR) is 82.4 cm³/mol. The molecule has 0 atom stereocenters. The quantitative estimate of drug-likeness (QED) is 0.420. The third-order valence-electron chi connectivity index (χ3n) is 2.64. The van der Waals surface area contributed by atoms with Gasteiger partial charge in [0.1, 0.15) is 0 Å². The summed E-state index contributed by atoms with van der Waals surface area (Å²) in [6.07, 6.45) is 8.88. The lowest BCUT2D eigenvalue weighted by molar-refractivity contribution is -0.147. The third kappa shape index (κ3) is 20.4. The minimum atomic E-state index is 0.0399. The van der Waals surface area contributed by atoms with E-state index in [2.05, 4.69) is 27.7 Å². The van der Waals surface area contributed by atoms with Crippen molar-refractivity contribution in [2.45, 2.75) is 85.4 Å². The monoisotopic (exact) mass is 276 g/mol. The van der Waals surface area contributed by atoms with Gasteiger partial charge in [-0.3, -0.25) is 0 Å². The number of hydrogen-bond acceptors (Lipinski definition) is 3. The summed E-state index contributed by atoms with van der Waals surface area (Å²) in [5.41, 5.74) is 0. The number of aliphatic hydroxyl groups is 1. The molecule has 0 radical (unpaired) electrons. The second-order valence-corrected chi connectivity index (χ2v) is 4.74. The Balaban J connectivity index is 0. The lowest BCUT2D eigenvalue weighted by Gasteiger charge is -2.17. The molecule has 0 spiro atoms. The molecule has 0 aromatic heterocycles. The Morgan fingerprint density at radius 2 is 1.21 bits per heavy atom. The van der Waals surface area contributed by atoms with Crippen LogP contribution in [0.4, 0.5) is 0 Å². The molecule has 0 fully saturated rings. The molecule has 0 aliphatic rings. The van der Waals surface area contributed by atoms with Gasteiger partial charge in [-0.05, 0) is 25.7 Å². The van der Waals surface area contributed by atoms with Crippen LogP contribution in [0.3, 0.4) is 0 Å². The number of ether oxygens (including phenoxy) is 2. The summed E-state index contributed by atoms with van der Waals surface area (Å²) < 4.78 is 11.3. The normalized spacial score (nSPS) is 10.4. The van der Waals surface area contributed by atoms with Crippen molar-refractivity contribution in [1.82, 2.24) is 0 Å². The van der Waals surface area contributed by atoms with E-state index >= 15 is 0 Å². The predicted octanol–water partition coefficient (Wildman–Crippen LogP) is 4.52. The van der Waals surface area contributed by atoms with E-state index in [1.165, 1.54) is 12.8 Å². The molecule has 0 aromatic carbocycles. The van der Waals surface area contributed by atoms with Gasteiger partial charge in [0.15, 0.2) is 6.29 Å². The molecule has 0 bridgehead atoms. The average Bonchev–Trinajstić information content (AvgIpc) is 2.41. The highest BCUT2D eigenvalue weighted by Gasteiger charge is 2.06. The molecule has 0 aromatic rings. The van der Waals surface area contributed by atoms with Crippen LogP contribution in [-0.4, -0.2) is 31.2 Å². The van der Waals surface area contributed by atoms with Gasteiger partial charge in [-0.15, -0.1) is 0 Å². The molecule has 0 saturated carbocycles. The topological polar surface area (TPSA) is 38.7 Å². The van der Waals surface area contributed by atoms with Crippen molar-refractivity contribution in [3.8, 4) is 0 Å². The van der Waals surface area contributed by atoms with E-state index in [4.69, 9.17) is 14.6 Å². The molecule has 0 amide bonds. The Bertz CT molecular complexity index is 128. The maximum Gasteiger partial charge on any atom is 0.157 e. The highest BCUT2D eigenvalue weighted by Crippen LogP contribution is 2.06. The van der Waals surface area contributed by atoms with E-state index < -0.39 is 0 Å². The van der Waals surface area contributed by atoms with Gasteiger partial charge in [0.2, 0.25) is 0 Å². The fourth-order valence-electron chi connectivity index (χ4n) is 1.33. The minimum Gasteiger partial charge on any atom is -0.396 e. The molecule has 0 unspecified atom stereocenters. The van der Waals surface area contributed by atoms with Gasteiger partial charge in [-0.1, -0.05) is 53.4 Å². The van der Waals surface area contributed by atoms with Crippen molar-refractivity contribution in [3.05, 3.63) is 0 Å². The Morgan fingerprint density at radius 3 is 1.47 bits per heavy atom. The maximum atomic E-state index is 8.07. The fourth-order valence-corrected chi connectivity index (χ4v) is 1.33. The molecular formula is C16H36O3. The van der Waals surface area contributed by atoms with E-state index in [-0.39, 0.29) is 6.29 Å². The van der Waals surface area contributed by atoms with Crippen LogP contribution >= 0.6 is 0 Å². The summed E-state index contributed by atoms with van der Waals surface area (Å²) in [5, 5.41) is 8.07. The zero-order chi connectivity index (χ0) is 14.8. The first-order chi connectivity index (χ1) is 9.26. The average molecular weight is 276 g/mol. The Labute approximate surface area is 120 Å². The lowest BCUT2D eigenvalue weighted by Crippen LogP contribution is -2.18. The Kier molecular flexibility index (Phi) is 22.5. The van der Waals surface area contributed by atoms with Crippen molar-refractivity contribution in [3.63, 3.8) is 0 Å². The van der Waals surface area contributed by atoms with Gasteiger partial charge in [-0.25, -0.2) is 0 Å². The molecule has 1 N–H and O–H groups in total. The zero-order valence-corrected chi connectivity index (χ0v) is 13.6. The van der Waals surface area contributed by atoms with E-state index in [0.717, 1.165) is 51.7 Å². The summed E-state index contributed by atoms with van der Waals surface area (Å²) in [6, 6.07) is 0. The van der Waals surface area contributed by atoms with E-state index in [1.807, 2.05) is 0 Å². The number of hydrogen-bond donors (Lipinski definition) is 1. The molecule has 0 aliphatic heterocycles. The van der Waals surface area contributed by atoms with Crippen molar-refractivity contribution < 1.29 is 14.6 Å². The molecule has 19 heavy (non-hydrogen) atoms. The van der Waals surface area contributed by atoms with Crippen LogP contribution in [-0.2, 0) is 9.47 Å². The molecule has 3 nitrogen and oxygen atoms in total. The fraction of sp³-hybridized carbons (Fsp3) is 1.00. The minimum absolute atomic E-state index is 0.0399. The standard InChI is InChI=1S/C12H26O2.C4H10O/c1-4-7-10-13-12(9-6-3)14-11-8-5-2;1-2-3-4-5/h12H,4-11H2,1-3H3;5H,2-4H2,1H3. The molecule has 3 heteroatoms. The van der Waals surface area contributed by atoms with Crippen LogP contribution in [0.5, 0.6) is 0 Å². The zero-order valence-electron chi connectivity index (χ0n) is 13.6. The van der Waals surface area contributed by atoms with E-state index in [1.54, 1.807) is 0 Å². The van der Waals surface area contributed by atoms with Crippen LogP contribution in [0.1, 0.15) is 79.1 Å². The van der Waals surface area contributed by atoms with Crippen molar-refractivity contribution in [2.75, 3.05) is 19.8 Å². The van der Waals surface area contributed by atoms with Gasteiger partial charge < -0.3 is 14.6 Å². The smallest absolute Gasteiger partial charge is 0.157 e. The first-order valence-corrected chi connectivity index (χ1v) is 8.10.